The van der Waals surface area contributed by atoms with Crippen molar-refractivity contribution in [1.82, 2.24) is 0 Å². The smallest absolute Gasteiger partial charge is 0.194 e. The van der Waals surface area contributed by atoms with Gasteiger partial charge in [0.2, 0.25) is 0 Å². The summed E-state index contributed by atoms with van der Waals surface area (Å²) in [5.41, 5.74) is 0. The molecule has 0 radical (unpaired) electrons. The Morgan fingerprint density at radius 2 is 2.50 bits per heavy atom. The molecule has 10 heavy (non-hydrogen) atoms. The summed E-state index contributed by atoms with van der Waals surface area (Å²) >= 11 is 1.42. The first-order chi connectivity index (χ1) is 4.86. The van der Waals surface area contributed by atoms with E-state index in [1.54, 1.807) is 0 Å². The fourth-order valence-corrected chi connectivity index (χ4v) is 2.37. The largest absolute Gasteiger partial charge is 0.287 e. The lowest BCUT2D eigenvalue weighted by Gasteiger charge is -2.08. The molecule has 1 nitrogen and oxygen atoms in total. The van der Waals surface area contributed by atoms with Crippen LogP contribution in [0.4, 0.5) is 0 Å². The summed E-state index contributed by atoms with van der Waals surface area (Å²) in [6.07, 6.45) is 8.04. The van der Waals surface area contributed by atoms with E-state index >= 15 is 0 Å². The molecule has 1 saturated heterocycles. The third-order valence-corrected chi connectivity index (χ3v) is 2.96. The summed E-state index contributed by atoms with van der Waals surface area (Å²) in [6.45, 7) is 0. The van der Waals surface area contributed by atoms with Gasteiger partial charge in [0.25, 0.3) is 0 Å². The molecule has 1 heterocycles. The first kappa shape index (κ1) is 6.23. The van der Waals surface area contributed by atoms with Crippen molar-refractivity contribution >= 4 is 16.9 Å². The molecule has 1 atom stereocenters. The zero-order valence-electron chi connectivity index (χ0n) is 5.54. The van der Waals surface area contributed by atoms with Gasteiger partial charge in [-0.3, -0.25) is 4.79 Å². The zero-order valence-corrected chi connectivity index (χ0v) is 6.36. The van der Waals surface area contributed by atoms with Gasteiger partial charge < -0.3 is 0 Å². The Bertz CT molecular complexity index is 227. The lowest BCUT2D eigenvalue weighted by molar-refractivity contribution is -0.111. The molecule has 0 aromatic carbocycles. The van der Waals surface area contributed by atoms with Gasteiger partial charge in [-0.25, -0.2) is 0 Å². The van der Waals surface area contributed by atoms with Crippen LogP contribution in [-0.4, -0.2) is 5.12 Å². The molecule has 1 fully saturated rings. The minimum Gasteiger partial charge on any atom is -0.287 e. The molecule has 0 saturated carbocycles. The van der Waals surface area contributed by atoms with Gasteiger partial charge in [-0.1, -0.05) is 30.0 Å². The third-order valence-electron chi connectivity index (χ3n) is 1.86. The number of allylic oxidation sites excluding steroid dienone is 4. The van der Waals surface area contributed by atoms with Crippen LogP contribution in [-0.2, 0) is 4.79 Å². The van der Waals surface area contributed by atoms with Gasteiger partial charge in [-0.2, -0.15) is 0 Å². The summed E-state index contributed by atoms with van der Waals surface area (Å²) < 4.78 is 0. The van der Waals surface area contributed by atoms with E-state index in [1.165, 1.54) is 16.7 Å². The van der Waals surface area contributed by atoms with Crippen molar-refractivity contribution in [3.63, 3.8) is 0 Å². The molecule has 2 aliphatic rings. The average molecular weight is 152 g/mol. The third kappa shape index (κ3) is 0.926. The van der Waals surface area contributed by atoms with Crippen LogP contribution in [0.25, 0.3) is 0 Å². The summed E-state index contributed by atoms with van der Waals surface area (Å²) in [5.74, 6) is 0.530. The topological polar surface area (TPSA) is 17.1 Å². The highest BCUT2D eigenvalue weighted by Crippen LogP contribution is 2.41. The summed E-state index contributed by atoms with van der Waals surface area (Å²) in [6, 6.07) is 0. The van der Waals surface area contributed by atoms with Gasteiger partial charge in [-0.15, -0.1) is 0 Å². The second-order valence-electron chi connectivity index (χ2n) is 2.61. The van der Waals surface area contributed by atoms with E-state index in [-0.39, 0.29) is 0 Å². The molecule has 0 aromatic heterocycles. The van der Waals surface area contributed by atoms with Crippen LogP contribution in [0.15, 0.2) is 23.1 Å². The second kappa shape index (κ2) is 2.27. The van der Waals surface area contributed by atoms with E-state index in [1.807, 2.05) is 6.08 Å². The monoisotopic (exact) mass is 152 g/mol. The molecular weight excluding hydrogens is 144 g/mol. The number of carbonyl (C=O) groups is 1. The average Bonchev–Trinajstić information content (AvgIpc) is 2.27. The van der Waals surface area contributed by atoms with E-state index in [9.17, 15) is 4.79 Å². The second-order valence-corrected chi connectivity index (χ2v) is 3.74. The maximum atomic E-state index is 10.9. The normalized spacial score (nSPS) is 30.2. The number of carbonyl (C=O) groups excluding carboxylic acids is 1. The van der Waals surface area contributed by atoms with Crippen molar-refractivity contribution in [3.05, 3.63) is 23.1 Å². The minimum absolute atomic E-state index is 0.333. The van der Waals surface area contributed by atoms with Crippen LogP contribution in [0.5, 0.6) is 0 Å². The highest BCUT2D eigenvalue weighted by atomic mass is 32.2. The van der Waals surface area contributed by atoms with Crippen LogP contribution in [0.2, 0.25) is 0 Å². The molecule has 0 bridgehead atoms. The van der Waals surface area contributed by atoms with Gasteiger partial charge >= 0.3 is 0 Å². The highest BCUT2D eigenvalue weighted by molar-refractivity contribution is 8.17. The van der Waals surface area contributed by atoms with Gasteiger partial charge in [-0.05, 0) is 11.3 Å². The van der Waals surface area contributed by atoms with E-state index in [4.69, 9.17) is 0 Å². The van der Waals surface area contributed by atoms with E-state index < -0.39 is 0 Å². The summed E-state index contributed by atoms with van der Waals surface area (Å²) in [5, 5.41) is 0.333. The van der Waals surface area contributed by atoms with Crippen LogP contribution in [0, 0.1) is 5.92 Å². The van der Waals surface area contributed by atoms with Crippen molar-refractivity contribution in [1.29, 1.82) is 0 Å². The van der Waals surface area contributed by atoms with Crippen LogP contribution < -0.4 is 0 Å². The predicted molar refractivity (Wildman–Crippen MR) is 42.5 cm³/mol. The Labute approximate surface area is 64.2 Å². The fourth-order valence-electron chi connectivity index (χ4n) is 1.33. The van der Waals surface area contributed by atoms with E-state index in [0.29, 0.717) is 11.0 Å². The Balaban J connectivity index is 2.26. The van der Waals surface area contributed by atoms with Crippen molar-refractivity contribution in [3.8, 4) is 0 Å². The summed E-state index contributed by atoms with van der Waals surface area (Å²) in [4.78, 5) is 12.2. The molecule has 1 aliphatic carbocycles. The van der Waals surface area contributed by atoms with E-state index in [2.05, 4.69) is 12.2 Å². The minimum atomic E-state index is 0.333. The van der Waals surface area contributed by atoms with Crippen LogP contribution in [0.1, 0.15) is 12.8 Å². The molecule has 2 heteroatoms. The van der Waals surface area contributed by atoms with E-state index in [0.717, 1.165) is 12.8 Å². The zero-order chi connectivity index (χ0) is 6.97. The standard InChI is InChI=1S/C8H8OS/c9-8-5-6-3-1-2-4-7(6)10-8/h1-2,4,6H,3,5H2. The number of hydrogen-bond donors (Lipinski definition) is 0. The SMILES string of the molecule is O=C1CC2CC=CC=C2S1. The molecule has 1 aliphatic heterocycles. The number of fused-ring (bicyclic) bond motifs is 1. The molecule has 52 valence electrons. The number of hydrogen-bond acceptors (Lipinski definition) is 2. The predicted octanol–water partition coefficient (Wildman–Crippen LogP) is 2.11. The van der Waals surface area contributed by atoms with Crippen molar-refractivity contribution in [2.45, 2.75) is 12.8 Å². The summed E-state index contributed by atoms with van der Waals surface area (Å²) in [7, 11) is 0. The van der Waals surface area contributed by atoms with Gasteiger partial charge in [0.15, 0.2) is 5.12 Å². The Morgan fingerprint density at radius 3 is 3.30 bits per heavy atom. The molecule has 2 rings (SSSR count). The maximum absolute atomic E-state index is 10.9. The van der Waals surface area contributed by atoms with Crippen molar-refractivity contribution in [2.75, 3.05) is 0 Å². The molecule has 0 spiro atoms. The van der Waals surface area contributed by atoms with Crippen molar-refractivity contribution < 1.29 is 4.79 Å². The van der Waals surface area contributed by atoms with Gasteiger partial charge in [0.1, 0.15) is 0 Å². The number of rotatable bonds is 0. The lowest BCUT2D eigenvalue weighted by atomic mass is 9.98. The first-order valence-corrected chi connectivity index (χ1v) is 4.25. The Morgan fingerprint density at radius 1 is 1.60 bits per heavy atom. The van der Waals surface area contributed by atoms with Gasteiger partial charge in [0.05, 0.1) is 0 Å². The first-order valence-electron chi connectivity index (χ1n) is 3.43. The molecule has 1 unspecified atom stereocenters. The Hall–Kier alpha value is -0.500. The maximum Gasteiger partial charge on any atom is 0.194 e. The molecule has 0 N–H and O–H groups in total. The van der Waals surface area contributed by atoms with Crippen LogP contribution in [0.3, 0.4) is 0 Å². The molecule has 0 amide bonds. The number of thioether (sulfide) groups is 1. The fraction of sp³-hybridized carbons (Fsp3) is 0.375. The Kier molecular flexibility index (Phi) is 1.42. The molecule has 0 aromatic rings. The highest BCUT2D eigenvalue weighted by Gasteiger charge is 2.27. The van der Waals surface area contributed by atoms with Crippen molar-refractivity contribution in [2.24, 2.45) is 5.92 Å². The lowest BCUT2D eigenvalue weighted by Crippen LogP contribution is -1.97. The molecular formula is C8H8OS. The van der Waals surface area contributed by atoms with Crippen LogP contribution >= 0.6 is 11.8 Å². The quantitative estimate of drug-likeness (QED) is 0.529. The van der Waals surface area contributed by atoms with Gasteiger partial charge in [0, 0.05) is 12.3 Å².